The second-order valence-corrected chi connectivity index (χ2v) is 10.8. The van der Waals surface area contributed by atoms with Crippen LogP contribution in [-0.4, -0.2) is 48.5 Å². The molecule has 4 saturated carbocycles. The van der Waals surface area contributed by atoms with E-state index in [1.165, 1.54) is 12.1 Å². The van der Waals surface area contributed by atoms with Crippen LogP contribution in [0.15, 0.2) is 29.2 Å². The molecule has 1 amide bonds. The van der Waals surface area contributed by atoms with Gasteiger partial charge in [0.15, 0.2) is 0 Å². The van der Waals surface area contributed by atoms with Gasteiger partial charge in [-0.15, -0.1) is 0 Å². The number of nitrogens with zero attached hydrogens (tertiary/aromatic N) is 1. The van der Waals surface area contributed by atoms with Gasteiger partial charge in [-0.3, -0.25) is 9.59 Å². The first kappa shape index (κ1) is 18.1. The van der Waals surface area contributed by atoms with E-state index >= 15 is 0 Å². The monoisotopic (exact) mass is 405 g/mol. The molecule has 1 aromatic carbocycles. The topological polar surface area (TPSA) is 101 Å². The fourth-order valence-electron chi connectivity index (χ4n) is 6.28. The standard InChI is InChI=1S/C20H23NO6S/c22-17-15-3-1-2-4-16(15)28(25,26)21(17)5-6-27-18(23)19-8-13-7-14(9-19)11-20(24,10-13)12-19/h1-4,13-14,24H,5-12H2/t13-,14+,19?,20?. The summed E-state index contributed by atoms with van der Waals surface area (Å²) in [5, 5.41) is 10.8. The molecule has 0 saturated heterocycles. The molecule has 4 aliphatic carbocycles. The van der Waals surface area contributed by atoms with Crippen LogP contribution in [0.2, 0.25) is 0 Å². The molecular weight excluding hydrogens is 382 g/mol. The predicted octanol–water partition coefficient (Wildman–Crippen LogP) is 1.71. The minimum Gasteiger partial charge on any atom is -0.463 e. The summed E-state index contributed by atoms with van der Waals surface area (Å²) in [4.78, 5) is 25.3. The number of carbonyl (C=O) groups excluding carboxylic acids is 2. The van der Waals surface area contributed by atoms with Gasteiger partial charge < -0.3 is 9.84 Å². The normalized spacial score (nSPS) is 37.2. The van der Waals surface area contributed by atoms with E-state index in [0.717, 1.165) is 36.4 Å². The molecule has 6 rings (SSSR count). The van der Waals surface area contributed by atoms with Crippen LogP contribution in [0.1, 0.15) is 48.9 Å². The van der Waals surface area contributed by atoms with Crippen molar-refractivity contribution in [1.29, 1.82) is 0 Å². The van der Waals surface area contributed by atoms with Crippen LogP contribution in [0.4, 0.5) is 0 Å². The van der Waals surface area contributed by atoms with Crippen LogP contribution >= 0.6 is 0 Å². The number of amides is 1. The second kappa shape index (κ2) is 5.79. The van der Waals surface area contributed by atoms with E-state index in [2.05, 4.69) is 0 Å². The molecule has 1 aliphatic heterocycles. The highest BCUT2D eigenvalue weighted by Crippen LogP contribution is 2.61. The lowest BCUT2D eigenvalue weighted by Crippen LogP contribution is -2.58. The van der Waals surface area contributed by atoms with Crippen molar-refractivity contribution < 1.29 is 27.9 Å². The highest BCUT2D eigenvalue weighted by molar-refractivity contribution is 7.90. The molecule has 2 unspecified atom stereocenters. The highest BCUT2D eigenvalue weighted by atomic mass is 32.2. The molecule has 1 N–H and O–H groups in total. The average Bonchev–Trinajstić information content (AvgIpc) is 2.80. The Morgan fingerprint density at radius 1 is 1.18 bits per heavy atom. The van der Waals surface area contributed by atoms with Gasteiger partial charge in [-0.2, -0.15) is 0 Å². The Hall–Kier alpha value is -1.93. The van der Waals surface area contributed by atoms with E-state index < -0.39 is 26.9 Å². The van der Waals surface area contributed by atoms with E-state index in [9.17, 15) is 23.1 Å². The fraction of sp³-hybridized carbons (Fsp3) is 0.600. The molecule has 5 aliphatic rings. The van der Waals surface area contributed by atoms with E-state index in [-0.39, 0.29) is 29.6 Å². The quantitative estimate of drug-likeness (QED) is 0.766. The van der Waals surface area contributed by atoms with Gasteiger partial charge in [0.25, 0.3) is 15.9 Å². The summed E-state index contributed by atoms with van der Waals surface area (Å²) in [5.41, 5.74) is -1.27. The average molecular weight is 405 g/mol. The number of rotatable bonds is 4. The van der Waals surface area contributed by atoms with E-state index in [1.807, 2.05) is 0 Å². The third kappa shape index (κ3) is 2.54. The Kier molecular flexibility index (Phi) is 3.75. The van der Waals surface area contributed by atoms with Crippen molar-refractivity contribution in [3.8, 4) is 0 Å². The van der Waals surface area contributed by atoms with Crippen LogP contribution in [-0.2, 0) is 19.6 Å². The second-order valence-electron chi connectivity index (χ2n) is 8.98. The number of sulfonamides is 1. The number of esters is 1. The van der Waals surface area contributed by atoms with Crippen molar-refractivity contribution in [3.63, 3.8) is 0 Å². The number of benzene rings is 1. The van der Waals surface area contributed by atoms with Crippen LogP contribution in [0, 0.1) is 17.3 Å². The van der Waals surface area contributed by atoms with Gasteiger partial charge in [0.05, 0.1) is 23.1 Å². The molecule has 0 spiro atoms. The lowest BCUT2D eigenvalue weighted by molar-refractivity contribution is -0.196. The highest BCUT2D eigenvalue weighted by Gasteiger charge is 2.60. The third-order valence-corrected chi connectivity index (χ3v) is 8.74. The van der Waals surface area contributed by atoms with Gasteiger partial charge in [-0.1, -0.05) is 12.1 Å². The Morgan fingerprint density at radius 3 is 2.50 bits per heavy atom. The van der Waals surface area contributed by atoms with Gasteiger partial charge in [-0.05, 0) is 62.5 Å². The number of ether oxygens (including phenoxy) is 1. The fourth-order valence-corrected chi connectivity index (χ4v) is 7.83. The summed E-state index contributed by atoms with van der Waals surface area (Å²) < 4.78 is 31.4. The predicted molar refractivity (Wildman–Crippen MR) is 97.7 cm³/mol. The molecule has 1 heterocycles. The number of fused-ring (bicyclic) bond motifs is 1. The molecule has 8 heteroatoms. The first-order chi connectivity index (χ1) is 13.2. The zero-order chi connectivity index (χ0) is 19.7. The van der Waals surface area contributed by atoms with Crippen LogP contribution in [0.5, 0.6) is 0 Å². The first-order valence-corrected chi connectivity index (χ1v) is 11.2. The molecule has 7 nitrogen and oxygen atoms in total. The summed E-state index contributed by atoms with van der Waals surface area (Å²) in [5.74, 6) is -0.236. The van der Waals surface area contributed by atoms with Gasteiger partial charge in [-0.25, -0.2) is 12.7 Å². The SMILES string of the molecule is O=C1c2ccccc2S(=O)(=O)N1CCOC(=O)C12C[C@@H]3C[C@@H](CC(O)(C3)C1)C2. The van der Waals surface area contributed by atoms with E-state index in [0.29, 0.717) is 18.3 Å². The zero-order valence-corrected chi connectivity index (χ0v) is 16.3. The Bertz CT molecular complexity index is 957. The molecule has 28 heavy (non-hydrogen) atoms. The lowest BCUT2D eigenvalue weighted by Gasteiger charge is -2.58. The Labute approximate surface area is 163 Å². The first-order valence-electron chi connectivity index (χ1n) is 9.78. The largest absolute Gasteiger partial charge is 0.463 e. The number of hydrogen-bond donors (Lipinski definition) is 1. The molecule has 0 aromatic heterocycles. The molecule has 4 bridgehead atoms. The maximum absolute atomic E-state index is 12.9. The summed E-state index contributed by atoms with van der Waals surface area (Å²) in [6, 6.07) is 6.08. The van der Waals surface area contributed by atoms with Gasteiger partial charge in [0.1, 0.15) is 11.5 Å². The molecular formula is C20H23NO6S. The molecule has 1 aromatic rings. The summed E-state index contributed by atoms with van der Waals surface area (Å²) in [7, 11) is -3.90. The van der Waals surface area contributed by atoms with Crippen molar-refractivity contribution in [2.45, 2.75) is 49.0 Å². The molecule has 4 fully saturated rings. The van der Waals surface area contributed by atoms with Gasteiger partial charge in [0, 0.05) is 0 Å². The summed E-state index contributed by atoms with van der Waals surface area (Å²) in [6.45, 7) is -0.373. The van der Waals surface area contributed by atoms with E-state index in [1.54, 1.807) is 12.1 Å². The summed E-state index contributed by atoms with van der Waals surface area (Å²) >= 11 is 0. The maximum Gasteiger partial charge on any atom is 0.312 e. The number of aliphatic hydroxyl groups is 1. The van der Waals surface area contributed by atoms with E-state index in [4.69, 9.17) is 4.74 Å². The van der Waals surface area contributed by atoms with Crippen molar-refractivity contribution in [2.24, 2.45) is 17.3 Å². The zero-order valence-electron chi connectivity index (χ0n) is 15.5. The van der Waals surface area contributed by atoms with Crippen LogP contribution in [0.25, 0.3) is 0 Å². The minimum absolute atomic E-state index is 0.00497. The van der Waals surface area contributed by atoms with Crippen molar-refractivity contribution in [2.75, 3.05) is 13.2 Å². The smallest absolute Gasteiger partial charge is 0.312 e. The van der Waals surface area contributed by atoms with Crippen molar-refractivity contribution in [1.82, 2.24) is 4.31 Å². The van der Waals surface area contributed by atoms with Gasteiger partial charge >= 0.3 is 5.97 Å². The van der Waals surface area contributed by atoms with Crippen LogP contribution in [0.3, 0.4) is 0 Å². The summed E-state index contributed by atoms with van der Waals surface area (Å²) in [6.07, 6.45) is 4.48. The minimum atomic E-state index is -3.90. The maximum atomic E-state index is 12.9. The number of carbonyl (C=O) groups is 2. The van der Waals surface area contributed by atoms with Crippen molar-refractivity contribution in [3.05, 3.63) is 29.8 Å². The lowest BCUT2D eigenvalue weighted by atomic mass is 9.48. The Morgan fingerprint density at radius 2 is 1.86 bits per heavy atom. The Balaban J connectivity index is 1.27. The van der Waals surface area contributed by atoms with Gasteiger partial charge in [0.2, 0.25) is 0 Å². The number of hydrogen-bond acceptors (Lipinski definition) is 6. The molecule has 150 valence electrons. The molecule has 0 radical (unpaired) electrons. The van der Waals surface area contributed by atoms with Crippen LogP contribution < -0.4 is 0 Å². The van der Waals surface area contributed by atoms with Crippen molar-refractivity contribution >= 4 is 21.9 Å². The molecule has 4 atom stereocenters. The third-order valence-electron chi connectivity index (χ3n) is 6.90.